The van der Waals surface area contributed by atoms with Crippen LogP contribution in [0.15, 0.2) is 47.4 Å². The molecular formula is C21H28N4O4S. The number of methoxy groups -OCH3 is 1. The predicted octanol–water partition coefficient (Wildman–Crippen LogP) is 1.29. The molecule has 1 saturated heterocycles. The lowest BCUT2D eigenvalue weighted by Gasteiger charge is -2.34. The molecule has 0 aromatic heterocycles. The average Bonchev–Trinajstić information content (AvgIpc) is 2.77. The zero-order valence-corrected chi connectivity index (χ0v) is 18.3. The molecule has 1 amide bonds. The normalized spacial score (nSPS) is 15.1. The first-order chi connectivity index (χ1) is 14.3. The summed E-state index contributed by atoms with van der Waals surface area (Å²) in [6.07, 6.45) is 0. The lowest BCUT2D eigenvalue weighted by atomic mass is 10.2. The van der Waals surface area contributed by atoms with E-state index in [1.165, 1.54) is 32.4 Å². The van der Waals surface area contributed by atoms with Crippen molar-refractivity contribution in [3.63, 3.8) is 0 Å². The number of carbonyl (C=O) groups is 1. The van der Waals surface area contributed by atoms with Crippen LogP contribution < -0.4 is 19.7 Å². The van der Waals surface area contributed by atoms with E-state index in [1.54, 1.807) is 0 Å². The Morgan fingerprint density at radius 3 is 2.33 bits per heavy atom. The molecule has 1 heterocycles. The van der Waals surface area contributed by atoms with Crippen LogP contribution in [0.5, 0.6) is 5.75 Å². The van der Waals surface area contributed by atoms with Crippen molar-refractivity contribution in [2.24, 2.45) is 0 Å². The molecule has 0 aliphatic carbocycles. The van der Waals surface area contributed by atoms with Crippen molar-refractivity contribution in [1.82, 2.24) is 14.9 Å². The molecule has 1 aliphatic rings. The van der Waals surface area contributed by atoms with E-state index < -0.39 is 15.9 Å². The van der Waals surface area contributed by atoms with Crippen LogP contribution in [0, 0.1) is 0 Å². The minimum atomic E-state index is -3.79. The van der Waals surface area contributed by atoms with Gasteiger partial charge in [-0.15, -0.1) is 0 Å². The summed E-state index contributed by atoms with van der Waals surface area (Å²) in [7, 11) is 1.24. The quantitative estimate of drug-likeness (QED) is 0.685. The molecule has 2 N–H and O–H groups in total. The highest BCUT2D eigenvalue weighted by Gasteiger charge is 2.19. The number of rotatable bonds is 7. The Morgan fingerprint density at radius 1 is 1.07 bits per heavy atom. The number of anilines is 1. The van der Waals surface area contributed by atoms with E-state index in [0.717, 1.165) is 37.4 Å². The number of benzene rings is 2. The van der Waals surface area contributed by atoms with Crippen molar-refractivity contribution in [2.75, 3.05) is 52.3 Å². The number of amides is 1. The second kappa shape index (κ2) is 9.46. The molecule has 9 heteroatoms. The second-order valence-electron chi connectivity index (χ2n) is 7.22. The standard InChI is InChI=1S/C21H28N4O4S/c1-22-21(26)19-14-18(8-9-20(19)29-3)30(27,28)23-15-16-4-6-17(7-5-16)25-12-10-24(2)11-13-25/h4-9,14,23H,10-13,15H2,1-3H3,(H,22,26). The summed E-state index contributed by atoms with van der Waals surface area (Å²) < 4.78 is 33.2. The Morgan fingerprint density at radius 2 is 1.73 bits per heavy atom. The van der Waals surface area contributed by atoms with Crippen LogP contribution in [0.3, 0.4) is 0 Å². The molecule has 0 bridgehead atoms. The van der Waals surface area contributed by atoms with Gasteiger partial charge in [0.1, 0.15) is 5.75 Å². The van der Waals surface area contributed by atoms with Crippen molar-refractivity contribution < 1.29 is 17.9 Å². The molecule has 0 atom stereocenters. The average molecular weight is 433 g/mol. The number of piperazine rings is 1. The summed E-state index contributed by atoms with van der Waals surface area (Å²) in [5.74, 6) is -0.101. The third-order valence-electron chi connectivity index (χ3n) is 5.22. The maximum Gasteiger partial charge on any atom is 0.254 e. The minimum absolute atomic E-state index is 0.0101. The van der Waals surface area contributed by atoms with Gasteiger partial charge in [-0.3, -0.25) is 4.79 Å². The highest BCUT2D eigenvalue weighted by atomic mass is 32.2. The van der Waals surface area contributed by atoms with Crippen LogP contribution >= 0.6 is 0 Å². The highest BCUT2D eigenvalue weighted by molar-refractivity contribution is 7.89. The Bertz CT molecular complexity index is 985. The van der Waals surface area contributed by atoms with E-state index in [-0.39, 0.29) is 17.0 Å². The van der Waals surface area contributed by atoms with Crippen molar-refractivity contribution in [1.29, 1.82) is 0 Å². The van der Waals surface area contributed by atoms with Crippen LogP contribution in [0.4, 0.5) is 5.69 Å². The van der Waals surface area contributed by atoms with Crippen LogP contribution in [-0.4, -0.2) is 66.6 Å². The molecule has 1 fully saturated rings. The largest absolute Gasteiger partial charge is 0.496 e. The van der Waals surface area contributed by atoms with Gasteiger partial charge in [-0.05, 0) is 42.9 Å². The molecule has 0 radical (unpaired) electrons. The van der Waals surface area contributed by atoms with Crippen LogP contribution in [0.2, 0.25) is 0 Å². The zero-order chi connectivity index (χ0) is 21.7. The van der Waals surface area contributed by atoms with Gasteiger partial charge in [0.25, 0.3) is 5.91 Å². The monoisotopic (exact) mass is 432 g/mol. The summed E-state index contributed by atoms with van der Waals surface area (Å²) in [6.45, 7) is 4.18. The van der Waals surface area contributed by atoms with Gasteiger partial charge in [0.05, 0.1) is 17.6 Å². The van der Waals surface area contributed by atoms with Crippen LogP contribution in [0.1, 0.15) is 15.9 Å². The number of hydrogen-bond donors (Lipinski definition) is 2. The fraction of sp³-hybridized carbons (Fsp3) is 0.381. The number of nitrogens with zero attached hydrogens (tertiary/aromatic N) is 2. The fourth-order valence-corrected chi connectivity index (χ4v) is 4.36. The first-order valence-corrected chi connectivity index (χ1v) is 11.2. The summed E-state index contributed by atoms with van der Waals surface area (Å²) in [5, 5.41) is 2.49. The molecular weight excluding hydrogens is 404 g/mol. The number of ether oxygens (including phenoxy) is 1. The van der Waals surface area contributed by atoms with Crippen molar-refractivity contribution in [2.45, 2.75) is 11.4 Å². The minimum Gasteiger partial charge on any atom is -0.496 e. The SMILES string of the molecule is CNC(=O)c1cc(S(=O)(=O)NCc2ccc(N3CCN(C)CC3)cc2)ccc1OC. The number of likely N-dealkylation sites (N-methyl/N-ethyl adjacent to an activating group) is 1. The van der Waals surface area contributed by atoms with Gasteiger partial charge in [-0.2, -0.15) is 0 Å². The van der Waals surface area contributed by atoms with Gasteiger partial charge in [0.2, 0.25) is 10.0 Å². The smallest absolute Gasteiger partial charge is 0.254 e. The number of hydrogen-bond acceptors (Lipinski definition) is 6. The Labute approximate surface area is 177 Å². The zero-order valence-electron chi connectivity index (χ0n) is 17.5. The lowest BCUT2D eigenvalue weighted by molar-refractivity contribution is 0.0960. The first kappa shape index (κ1) is 22.1. The highest BCUT2D eigenvalue weighted by Crippen LogP contribution is 2.23. The molecule has 0 unspecified atom stereocenters. The fourth-order valence-electron chi connectivity index (χ4n) is 3.32. The van der Waals surface area contributed by atoms with E-state index >= 15 is 0 Å². The van der Waals surface area contributed by atoms with Gasteiger partial charge >= 0.3 is 0 Å². The third-order valence-corrected chi connectivity index (χ3v) is 6.62. The van der Waals surface area contributed by atoms with E-state index in [1.807, 2.05) is 24.3 Å². The van der Waals surface area contributed by atoms with E-state index in [4.69, 9.17) is 4.74 Å². The summed E-state index contributed by atoms with van der Waals surface area (Å²) in [4.78, 5) is 16.7. The molecule has 0 spiro atoms. The second-order valence-corrected chi connectivity index (χ2v) is 8.99. The molecule has 0 saturated carbocycles. The molecule has 162 valence electrons. The molecule has 8 nitrogen and oxygen atoms in total. The number of nitrogens with one attached hydrogen (secondary N) is 2. The summed E-state index contributed by atoms with van der Waals surface area (Å²) in [5.41, 5.74) is 2.16. The van der Waals surface area contributed by atoms with Crippen LogP contribution in [-0.2, 0) is 16.6 Å². The number of sulfonamides is 1. The molecule has 30 heavy (non-hydrogen) atoms. The van der Waals surface area contributed by atoms with Crippen LogP contribution in [0.25, 0.3) is 0 Å². The lowest BCUT2D eigenvalue weighted by Crippen LogP contribution is -2.44. The van der Waals surface area contributed by atoms with E-state index in [9.17, 15) is 13.2 Å². The number of carbonyl (C=O) groups excluding carboxylic acids is 1. The molecule has 3 rings (SSSR count). The van der Waals surface area contributed by atoms with Crippen molar-refractivity contribution in [3.8, 4) is 5.75 Å². The summed E-state index contributed by atoms with van der Waals surface area (Å²) in [6, 6.07) is 12.1. The van der Waals surface area contributed by atoms with E-state index in [0.29, 0.717) is 5.75 Å². The Kier molecular flexibility index (Phi) is 6.96. The van der Waals surface area contributed by atoms with Gasteiger partial charge in [-0.25, -0.2) is 13.1 Å². The predicted molar refractivity (Wildman–Crippen MR) is 117 cm³/mol. The summed E-state index contributed by atoms with van der Waals surface area (Å²) >= 11 is 0. The van der Waals surface area contributed by atoms with Gasteiger partial charge in [0, 0.05) is 45.5 Å². The third kappa shape index (κ3) is 5.10. The van der Waals surface area contributed by atoms with Gasteiger partial charge in [-0.1, -0.05) is 12.1 Å². The van der Waals surface area contributed by atoms with E-state index in [2.05, 4.69) is 26.9 Å². The Balaban J connectivity index is 1.68. The van der Waals surface area contributed by atoms with Gasteiger partial charge in [0.15, 0.2) is 0 Å². The maximum absolute atomic E-state index is 12.7. The van der Waals surface area contributed by atoms with Gasteiger partial charge < -0.3 is 19.9 Å². The molecule has 1 aliphatic heterocycles. The molecule has 2 aromatic rings. The van der Waals surface area contributed by atoms with Crippen molar-refractivity contribution >= 4 is 21.6 Å². The van der Waals surface area contributed by atoms with Crippen molar-refractivity contribution in [3.05, 3.63) is 53.6 Å². The Hall–Kier alpha value is -2.62. The maximum atomic E-state index is 12.7. The topological polar surface area (TPSA) is 91.0 Å². The first-order valence-electron chi connectivity index (χ1n) is 9.76. The molecule has 2 aromatic carbocycles.